The van der Waals surface area contributed by atoms with E-state index < -0.39 is 0 Å². The Morgan fingerprint density at radius 1 is 1.17 bits per heavy atom. The van der Waals surface area contributed by atoms with Crippen LogP contribution in [0.4, 0.5) is 0 Å². The summed E-state index contributed by atoms with van der Waals surface area (Å²) < 4.78 is 5.76. The van der Waals surface area contributed by atoms with E-state index in [0.29, 0.717) is 11.7 Å². The molecule has 3 heterocycles. The second-order valence-corrected chi connectivity index (χ2v) is 8.89. The van der Waals surface area contributed by atoms with Gasteiger partial charge in [-0.2, -0.15) is 4.98 Å². The Kier molecular flexibility index (Phi) is 6.29. The number of hydrogen-bond acceptors (Lipinski definition) is 5. The molecule has 0 amide bonds. The molecule has 1 aromatic carbocycles. The van der Waals surface area contributed by atoms with Crippen LogP contribution in [0.3, 0.4) is 0 Å². The zero-order valence-electron chi connectivity index (χ0n) is 17.5. The summed E-state index contributed by atoms with van der Waals surface area (Å²) in [6.45, 7) is 7.27. The Balaban J connectivity index is 1.76. The van der Waals surface area contributed by atoms with Crippen molar-refractivity contribution in [3.8, 4) is 10.7 Å². The predicted molar refractivity (Wildman–Crippen MR) is 126 cm³/mol. The van der Waals surface area contributed by atoms with Gasteiger partial charge in [0.05, 0.1) is 16.5 Å². The van der Waals surface area contributed by atoms with Gasteiger partial charge in [0.2, 0.25) is 5.82 Å². The zero-order valence-corrected chi connectivity index (χ0v) is 19.1. The zero-order chi connectivity index (χ0) is 21.1. The van der Waals surface area contributed by atoms with Gasteiger partial charge in [-0.3, -0.25) is 0 Å². The maximum absolute atomic E-state index is 5.76. The Labute approximate surface area is 186 Å². The highest BCUT2D eigenvalue weighted by Gasteiger charge is 2.33. The lowest BCUT2D eigenvalue weighted by Crippen LogP contribution is -2.46. The first-order valence-corrected chi connectivity index (χ1v) is 11.6. The Hall–Kier alpha value is -2.51. The number of unbranched alkanes of at least 4 members (excludes halogenated alkanes) is 2. The first-order chi connectivity index (χ1) is 14.6. The van der Waals surface area contributed by atoms with Crippen molar-refractivity contribution in [2.24, 2.45) is 0 Å². The van der Waals surface area contributed by atoms with E-state index in [0.717, 1.165) is 39.8 Å². The minimum Gasteiger partial charge on any atom is -0.351 e. The van der Waals surface area contributed by atoms with Gasteiger partial charge in [0.25, 0.3) is 5.89 Å². The van der Waals surface area contributed by atoms with Crippen molar-refractivity contribution in [2.45, 2.75) is 46.1 Å². The number of benzene rings is 1. The van der Waals surface area contributed by atoms with Gasteiger partial charge in [-0.25, -0.2) is 0 Å². The van der Waals surface area contributed by atoms with Gasteiger partial charge in [0.1, 0.15) is 0 Å². The molecule has 0 radical (unpaired) electrons. The highest BCUT2D eigenvalue weighted by atomic mass is 32.1. The number of thiophene rings is 1. The van der Waals surface area contributed by atoms with Crippen molar-refractivity contribution in [1.29, 1.82) is 0 Å². The van der Waals surface area contributed by atoms with Crippen molar-refractivity contribution in [3.63, 3.8) is 0 Å². The second-order valence-electron chi connectivity index (χ2n) is 7.55. The molecule has 0 saturated heterocycles. The third-order valence-corrected chi connectivity index (χ3v) is 6.59. The third-order valence-electron chi connectivity index (χ3n) is 5.39. The van der Waals surface area contributed by atoms with Crippen LogP contribution in [-0.4, -0.2) is 26.7 Å². The summed E-state index contributed by atoms with van der Waals surface area (Å²) in [6.07, 6.45) is 3.43. The molecule has 3 aromatic rings. The molecule has 156 valence electrons. The standard InChI is InChI=1S/C23H26N4OS2/c1-4-5-6-13-27-16(3)19(22-25-21(26-28-22)18-8-7-14-30-18)20(24-23(27)29)17-11-9-15(2)10-12-17/h7-12,14,20H,4-6,13H2,1-3H3,(H,24,29). The number of aromatic nitrogens is 2. The molecular weight excluding hydrogens is 412 g/mol. The molecule has 0 aliphatic carbocycles. The number of aryl methyl sites for hydroxylation is 1. The van der Waals surface area contributed by atoms with Gasteiger partial charge < -0.3 is 14.7 Å². The smallest absolute Gasteiger partial charge is 0.258 e. The van der Waals surface area contributed by atoms with E-state index in [1.807, 2.05) is 17.5 Å². The van der Waals surface area contributed by atoms with E-state index >= 15 is 0 Å². The highest BCUT2D eigenvalue weighted by molar-refractivity contribution is 7.80. The molecule has 4 rings (SSSR count). The van der Waals surface area contributed by atoms with Crippen molar-refractivity contribution in [2.75, 3.05) is 6.54 Å². The van der Waals surface area contributed by atoms with E-state index in [-0.39, 0.29) is 6.04 Å². The molecule has 1 unspecified atom stereocenters. The third kappa shape index (κ3) is 4.18. The molecule has 1 atom stereocenters. The minimum atomic E-state index is -0.128. The van der Waals surface area contributed by atoms with Crippen LogP contribution < -0.4 is 5.32 Å². The van der Waals surface area contributed by atoms with Crippen LogP contribution >= 0.6 is 23.6 Å². The maximum Gasteiger partial charge on any atom is 0.258 e. The first kappa shape index (κ1) is 20.8. The summed E-state index contributed by atoms with van der Waals surface area (Å²) in [6, 6.07) is 12.4. The van der Waals surface area contributed by atoms with Crippen LogP contribution in [0.2, 0.25) is 0 Å². The van der Waals surface area contributed by atoms with Crippen molar-refractivity contribution >= 4 is 34.2 Å². The summed E-state index contributed by atoms with van der Waals surface area (Å²) in [5.74, 6) is 1.16. The van der Waals surface area contributed by atoms with Crippen molar-refractivity contribution in [1.82, 2.24) is 20.4 Å². The molecule has 2 aromatic heterocycles. The number of nitrogens with zero attached hydrogens (tertiary/aromatic N) is 3. The number of allylic oxidation sites excluding steroid dienone is 1. The fourth-order valence-corrected chi connectivity index (χ4v) is 4.69. The Morgan fingerprint density at radius 3 is 2.67 bits per heavy atom. The van der Waals surface area contributed by atoms with E-state index in [9.17, 15) is 0 Å². The van der Waals surface area contributed by atoms with Gasteiger partial charge in [-0.15, -0.1) is 11.3 Å². The summed E-state index contributed by atoms with van der Waals surface area (Å²) in [5.41, 5.74) is 4.40. The number of rotatable bonds is 7. The van der Waals surface area contributed by atoms with Gasteiger partial charge in [0.15, 0.2) is 5.11 Å². The topological polar surface area (TPSA) is 54.2 Å². The predicted octanol–water partition coefficient (Wildman–Crippen LogP) is 5.96. The van der Waals surface area contributed by atoms with Crippen LogP contribution in [0.25, 0.3) is 16.3 Å². The van der Waals surface area contributed by atoms with Gasteiger partial charge in [-0.1, -0.05) is 60.8 Å². The quantitative estimate of drug-likeness (QED) is 0.363. The molecule has 0 fully saturated rings. The molecule has 1 aliphatic heterocycles. The normalized spacial score (nSPS) is 16.8. The largest absolute Gasteiger partial charge is 0.351 e. The fraction of sp³-hybridized carbons (Fsp3) is 0.348. The molecule has 0 saturated carbocycles. The Bertz CT molecular complexity index is 1040. The van der Waals surface area contributed by atoms with E-state index in [4.69, 9.17) is 21.7 Å². The van der Waals surface area contributed by atoms with Gasteiger partial charge in [-0.05, 0) is 49.5 Å². The molecule has 1 aliphatic rings. The van der Waals surface area contributed by atoms with E-state index in [2.05, 4.69) is 60.4 Å². The summed E-state index contributed by atoms with van der Waals surface area (Å²) in [4.78, 5) is 7.90. The number of hydrogen-bond donors (Lipinski definition) is 1. The molecule has 5 nitrogen and oxygen atoms in total. The van der Waals surface area contributed by atoms with Gasteiger partial charge >= 0.3 is 0 Å². The molecule has 0 spiro atoms. The second kappa shape index (κ2) is 9.10. The lowest BCUT2D eigenvalue weighted by atomic mass is 9.94. The first-order valence-electron chi connectivity index (χ1n) is 10.3. The molecule has 7 heteroatoms. The summed E-state index contributed by atoms with van der Waals surface area (Å²) in [5, 5.41) is 10.5. The van der Waals surface area contributed by atoms with Crippen LogP contribution in [0, 0.1) is 6.92 Å². The average molecular weight is 439 g/mol. The lowest BCUT2D eigenvalue weighted by molar-refractivity contribution is 0.395. The van der Waals surface area contributed by atoms with Crippen LogP contribution in [0.5, 0.6) is 0 Å². The summed E-state index contributed by atoms with van der Waals surface area (Å²) >= 11 is 7.35. The minimum absolute atomic E-state index is 0.128. The Morgan fingerprint density at radius 2 is 1.97 bits per heavy atom. The molecule has 0 bridgehead atoms. The van der Waals surface area contributed by atoms with Crippen LogP contribution in [0.15, 0.2) is 52.0 Å². The number of thiocarbonyl (C=S) groups is 1. The molecular formula is C23H26N4OS2. The van der Waals surface area contributed by atoms with Crippen LogP contribution in [0.1, 0.15) is 56.2 Å². The average Bonchev–Trinajstić information content (AvgIpc) is 3.42. The fourth-order valence-electron chi connectivity index (χ4n) is 3.70. The van der Waals surface area contributed by atoms with Crippen molar-refractivity contribution in [3.05, 3.63) is 64.5 Å². The van der Waals surface area contributed by atoms with Crippen molar-refractivity contribution < 1.29 is 4.52 Å². The summed E-state index contributed by atoms with van der Waals surface area (Å²) in [7, 11) is 0. The van der Waals surface area contributed by atoms with Crippen LogP contribution in [-0.2, 0) is 0 Å². The molecule has 30 heavy (non-hydrogen) atoms. The number of nitrogens with one attached hydrogen (secondary N) is 1. The lowest BCUT2D eigenvalue weighted by Gasteiger charge is -2.37. The molecule has 1 N–H and O–H groups in total. The van der Waals surface area contributed by atoms with E-state index in [1.54, 1.807) is 11.3 Å². The SMILES string of the molecule is CCCCCN1C(=S)NC(c2ccc(C)cc2)C(c2nc(-c3cccs3)no2)=C1C. The maximum atomic E-state index is 5.76. The van der Waals surface area contributed by atoms with Gasteiger partial charge in [0, 0.05) is 12.2 Å². The van der Waals surface area contributed by atoms with E-state index in [1.165, 1.54) is 18.4 Å². The highest BCUT2D eigenvalue weighted by Crippen LogP contribution is 2.37. The monoisotopic (exact) mass is 438 g/mol.